The Bertz CT molecular complexity index is 497. The highest BCUT2D eigenvalue weighted by Crippen LogP contribution is 2.38. The molecule has 0 radical (unpaired) electrons. The Balaban J connectivity index is 2.20. The third-order valence-electron chi connectivity index (χ3n) is 3.08. The monoisotopic (exact) mass is 276 g/mol. The van der Waals surface area contributed by atoms with E-state index in [9.17, 15) is 0 Å². The van der Waals surface area contributed by atoms with Gasteiger partial charge < -0.3 is 19.5 Å². The van der Waals surface area contributed by atoms with Gasteiger partial charge in [0.2, 0.25) is 6.79 Å². The first-order chi connectivity index (χ1) is 9.78. The average molecular weight is 276 g/mol. The summed E-state index contributed by atoms with van der Waals surface area (Å²) in [7, 11) is 0. The van der Waals surface area contributed by atoms with Crippen molar-refractivity contribution in [2.75, 3.05) is 13.3 Å². The fraction of sp³-hybridized carbons (Fsp3) is 0.533. The predicted octanol–water partition coefficient (Wildman–Crippen LogP) is 2.60. The van der Waals surface area contributed by atoms with E-state index in [2.05, 4.69) is 18.3 Å². The normalized spacial score (nSPS) is 13.8. The van der Waals surface area contributed by atoms with Gasteiger partial charge in [-0.05, 0) is 25.5 Å². The van der Waals surface area contributed by atoms with Crippen LogP contribution in [0.15, 0.2) is 12.1 Å². The van der Waals surface area contributed by atoms with Crippen molar-refractivity contribution in [2.45, 2.75) is 39.3 Å². The first kappa shape index (κ1) is 14.5. The van der Waals surface area contributed by atoms with Gasteiger partial charge in [-0.3, -0.25) is 0 Å². The minimum absolute atomic E-state index is 0.232. The lowest BCUT2D eigenvalue weighted by molar-refractivity contribution is 0.173. The number of benzene rings is 1. The largest absolute Gasteiger partial charge is 0.475 e. The van der Waals surface area contributed by atoms with Crippen LogP contribution >= 0.6 is 0 Å². The van der Waals surface area contributed by atoms with Crippen LogP contribution < -0.4 is 19.5 Å². The van der Waals surface area contributed by atoms with Crippen molar-refractivity contribution in [3.63, 3.8) is 0 Å². The zero-order valence-corrected chi connectivity index (χ0v) is 11.9. The Morgan fingerprint density at radius 3 is 2.75 bits per heavy atom. The summed E-state index contributed by atoms with van der Waals surface area (Å²) in [5, 5.41) is 12.4. The van der Waals surface area contributed by atoms with E-state index >= 15 is 0 Å². The summed E-state index contributed by atoms with van der Waals surface area (Å²) >= 11 is 0. The van der Waals surface area contributed by atoms with Gasteiger partial charge in [0.1, 0.15) is 11.8 Å². The maximum Gasteiger partial charge on any atom is 0.231 e. The Hall–Kier alpha value is -1.93. The maximum absolute atomic E-state index is 9.04. The Kier molecular flexibility index (Phi) is 5.08. The van der Waals surface area contributed by atoms with Crippen molar-refractivity contribution in [2.24, 2.45) is 0 Å². The molecule has 5 heteroatoms. The second kappa shape index (κ2) is 7.01. The summed E-state index contributed by atoms with van der Waals surface area (Å²) < 4.78 is 16.5. The lowest BCUT2D eigenvalue weighted by Gasteiger charge is -2.15. The van der Waals surface area contributed by atoms with Crippen molar-refractivity contribution >= 4 is 0 Å². The molecule has 0 spiro atoms. The highest BCUT2D eigenvalue weighted by molar-refractivity contribution is 5.52. The Morgan fingerprint density at radius 2 is 2.10 bits per heavy atom. The fourth-order valence-corrected chi connectivity index (χ4v) is 1.97. The number of nitrogens with zero attached hydrogens (tertiary/aromatic N) is 1. The molecule has 2 rings (SSSR count). The molecule has 0 saturated heterocycles. The average Bonchev–Trinajstić information content (AvgIpc) is 2.92. The van der Waals surface area contributed by atoms with Gasteiger partial charge in [-0.2, -0.15) is 5.26 Å². The number of nitriles is 1. The van der Waals surface area contributed by atoms with Crippen LogP contribution in [0, 0.1) is 11.3 Å². The molecular formula is C15H20N2O3. The van der Waals surface area contributed by atoms with Crippen LogP contribution in [0.2, 0.25) is 0 Å². The summed E-state index contributed by atoms with van der Waals surface area (Å²) in [6.07, 6.45) is 1.27. The molecule has 0 fully saturated rings. The minimum Gasteiger partial charge on any atom is -0.475 e. The van der Waals surface area contributed by atoms with Gasteiger partial charge in [0.15, 0.2) is 17.6 Å². The van der Waals surface area contributed by atoms with Crippen LogP contribution in [0.4, 0.5) is 0 Å². The minimum atomic E-state index is -0.444. The number of hydrogen-bond acceptors (Lipinski definition) is 5. The Morgan fingerprint density at radius 1 is 1.35 bits per heavy atom. The van der Waals surface area contributed by atoms with E-state index in [1.54, 1.807) is 0 Å². The van der Waals surface area contributed by atoms with Gasteiger partial charge >= 0.3 is 0 Å². The number of hydrogen-bond donors (Lipinski definition) is 1. The molecule has 1 unspecified atom stereocenters. The first-order valence-corrected chi connectivity index (χ1v) is 6.98. The fourth-order valence-electron chi connectivity index (χ4n) is 1.97. The molecule has 1 aromatic carbocycles. The number of fused-ring (bicyclic) bond motifs is 1. The van der Waals surface area contributed by atoms with Crippen LogP contribution in [0.25, 0.3) is 0 Å². The summed E-state index contributed by atoms with van der Waals surface area (Å²) in [5.74, 6) is 2.09. The van der Waals surface area contributed by atoms with E-state index < -0.39 is 6.10 Å². The van der Waals surface area contributed by atoms with E-state index in [4.69, 9.17) is 19.5 Å². The standard InChI is InChI=1S/C15H20N2O3/c1-3-5-17-9-11-6-14-15(19-10-18-14)7-13(11)20-12(4-2)8-16/h6-7,12,17H,3-5,9-10H2,1-2H3. The lowest BCUT2D eigenvalue weighted by atomic mass is 10.1. The summed E-state index contributed by atoms with van der Waals surface area (Å²) in [6, 6.07) is 5.88. The number of ether oxygens (including phenoxy) is 3. The van der Waals surface area contributed by atoms with Gasteiger partial charge in [0.05, 0.1) is 0 Å². The van der Waals surface area contributed by atoms with Crippen molar-refractivity contribution < 1.29 is 14.2 Å². The van der Waals surface area contributed by atoms with E-state index in [-0.39, 0.29) is 6.79 Å². The van der Waals surface area contributed by atoms with Gasteiger partial charge in [0.25, 0.3) is 0 Å². The SMILES string of the molecule is CCCNCc1cc2c(cc1OC(C#N)CC)OCO2. The van der Waals surface area contributed by atoms with Gasteiger partial charge in [0, 0.05) is 18.2 Å². The second-order valence-corrected chi connectivity index (χ2v) is 4.63. The highest BCUT2D eigenvalue weighted by atomic mass is 16.7. The van der Waals surface area contributed by atoms with E-state index in [1.807, 2.05) is 19.1 Å². The van der Waals surface area contributed by atoms with Crippen molar-refractivity contribution in [1.82, 2.24) is 5.32 Å². The highest BCUT2D eigenvalue weighted by Gasteiger charge is 2.19. The van der Waals surface area contributed by atoms with Gasteiger partial charge in [-0.15, -0.1) is 0 Å². The van der Waals surface area contributed by atoms with Crippen molar-refractivity contribution in [3.8, 4) is 23.3 Å². The molecule has 1 atom stereocenters. The van der Waals surface area contributed by atoms with Crippen LogP contribution in [-0.2, 0) is 6.54 Å². The molecule has 0 aromatic heterocycles. The van der Waals surface area contributed by atoms with Crippen molar-refractivity contribution in [3.05, 3.63) is 17.7 Å². The first-order valence-electron chi connectivity index (χ1n) is 6.98. The molecule has 20 heavy (non-hydrogen) atoms. The topological polar surface area (TPSA) is 63.5 Å². The zero-order valence-electron chi connectivity index (χ0n) is 11.9. The third-order valence-corrected chi connectivity index (χ3v) is 3.08. The molecule has 1 aliphatic rings. The van der Waals surface area contributed by atoms with Gasteiger partial charge in [-0.25, -0.2) is 0 Å². The molecule has 1 aromatic rings. The molecule has 1 N–H and O–H groups in total. The summed E-state index contributed by atoms with van der Waals surface area (Å²) in [4.78, 5) is 0. The quantitative estimate of drug-likeness (QED) is 0.775. The molecule has 0 amide bonds. The maximum atomic E-state index is 9.04. The second-order valence-electron chi connectivity index (χ2n) is 4.63. The summed E-state index contributed by atoms with van der Waals surface area (Å²) in [6.45, 7) is 5.89. The van der Waals surface area contributed by atoms with Crippen LogP contribution in [0.3, 0.4) is 0 Å². The molecule has 5 nitrogen and oxygen atoms in total. The smallest absolute Gasteiger partial charge is 0.231 e. The van der Waals surface area contributed by atoms with Crippen LogP contribution in [0.5, 0.6) is 17.2 Å². The molecule has 0 bridgehead atoms. The molecular weight excluding hydrogens is 256 g/mol. The predicted molar refractivity (Wildman–Crippen MR) is 74.9 cm³/mol. The molecule has 1 aliphatic heterocycles. The molecule has 0 aliphatic carbocycles. The third kappa shape index (κ3) is 3.34. The van der Waals surface area contributed by atoms with E-state index in [1.165, 1.54) is 0 Å². The van der Waals surface area contributed by atoms with E-state index in [0.29, 0.717) is 24.5 Å². The molecule has 108 valence electrons. The Labute approximate surface area is 119 Å². The number of nitrogens with one attached hydrogen (secondary N) is 1. The van der Waals surface area contributed by atoms with E-state index in [0.717, 1.165) is 24.3 Å². The lowest BCUT2D eigenvalue weighted by Crippen LogP contribution is -2.17. The van der Waals surface area contributed by atoms with Crippen LogP contribution in [0.1, 0.15) is 32.3 Å². The number of rotatable bonds is 7. The zero-order chi connectivity index (χ0) is 14.4. The van der Waals surface area contributed by atoms with Crippen molar-refractivity contribution in [1.29, 1.82) is 5.26 Å². The molecule has 0 saturated carbocycles. The van der Waals surface area contributed by atoms with Gasteiger partial charge in [-0.1, -0.05) is 13.8 Å². The molecule has 1 heterocycles. The summed E-state index contributed by atoms with van der Waals surface area (Å²) in [5.41, 5.74) is 0.983. The van der Waals surface area contributed by atoms with Crippen LogP contribution in [-0.4, -0.2) is 19.4 Å².